The molecular formula is C12H13F2NO4. The summed E-state index contributed by atoms with van der Waals surface area (Å²) in [6.07, 6.45) is 0. The molecule has 19 heavy (non-hydrogen) atoms. The molecule has 0 aliphatic rings. The highest BCUT2D eigenvalue weighted by Gasteiger charge is 2.13. The molecule has 1 N–H and O–H groups in total. The fourth-order valence-corrected chi connectivity index (χ4v) is 1.21. The van der Waals surface area contributed by atoms with Crippen molar-refractivity contribution in [3.05, 3.63) is 29.8 Å². The number of hydrogen-bond acceptors (Lipinski definition) is 4. The van der Waals surface area contributed by atoms with E-state index >= 15 is 0 Å². The Labute approximate surface area is 108 Å². The van der Waals surface area contributed by atoms with E-state index in [-0.39, 0.29) is 25.5 Å². The van der Waals surface area contributed by atoms with E-state index in [9.17, 15) is 18.4 Å². The number of carbonyl (C=O) groups excluding carboxylic acids is 2. The van der Waals surface area contributed by atoms with Crippen molar-refractivity contribution in [2.45, 2.75) is 6.92 Å². The second-order valence-electron chi connectivity index (χ2n) is 3.43. The molecule has 1 aromatic rings. The van der Waals surface area contributed by atoms with Gasteiger partial charge in [0.25, 0.3) is 0 Å². The maximum Gasteiger partial charge on any atom is 0.396 e. The summed E-state index contributed by atoms with van der Waals surface area (Å²) in [5.74, 6) is -3.39. The number of benzene rings is 1. The second-order valence-corrected chi connectivity index (χ2v) is 3.43. The number of hydrogen-bond donors (Lipinski definition) is 1. The lowest BCUT2D eigenvalue weighted by atomic mass is 10.3. The highest BCUT2D eigenvalue weighted by Crippen LogP contribution is 2.14. The predicted octanol–water partition coefficient (Wildman–Crippen LogP) is 1.02. The summed E-state index contributed by atoms with van der Waals surface area (Å²) in [4.78, 5) is 22.0. The first kappa shape index (κ1) is 14.9. The minimum atomic E-state index is -0.987. The fourth-order valence-electron chi connectivity index (χ4n) is 1.21. The molecule has 0 fully saturated rings. The molecule has 0 bridgehead atoms. The van der Waals surface area contributed by atoms with Gasteiger partial charge < -0.3 is 14.8 Å². The van der Waals surface area contributed by atoms with Crippen LogP contribution in [0.2, 0.25) is 0 Å². The summed E-state index contributed by atoms with van der Waals surface area (Å²) in [6, 6.07) is 2.74. The van der Waals surface area contributed by atoms with Crippen LogP contribution in [0.25, 0.3) is 0 Å². The third-order valence-electron chi connectivity index (χ3n) is 1.95. The molecular weight excluding hydrogens is 260 g/mol. The fraction of sp³-hybridized carbons (Fsp3) is 0.333. The van der Waals surface area contributed by atoms with Gasteiger partial charge in [0, 0.05) is 18.2 Å². The van der Waals surface area contributed by atoms with Crippen LogP contribution < -0.4 is 10.1 Å². The Balaban J connectivity index is 2.31. The van der Waals surface area contributed by atoms with E-state index in [1.165, 1.54) is 0 Å². The summed E-state index contributed by atoms with van der Waals surface area (Å²) in [5.41, 5.74) is 0. The standard InChI is InChI=1S/C12H13F2NO4/c1-2-18-12(17)11(16)15-3-4-19-10-6-8(13)5-9(14)7-10/h5-7H,2-4H2,1H3,(H,15,16). The van der Waals surface area contributed by atoms with E-state index < -0.39 is 23.5 Å². The Morgan fingerprint density at radius 3 is 2.42 bits per heavy atom. The normalized spacial score (nSPS) is 9.84. The van der Waals surface area contributed by atoms with Crippen molar-refractivity contribution in [2.24, 2.45) is 0 Å². The lowest BCUT2D eigenvalue weighted by molar-refractivity contribution is -0.154. The van der Waals surface area contributed by atoms with E-state index in [0.29, 0.717) is 0 Å². The quantitative estimate of drug-likeness (QED) is 0.494. The van der Waals surface area contributed by atoms with Crippen LogP contribution >= 0.6 is 0 Å². The third-order valence-corrected chi connectivity index (χ3v) is 1.95. The maximum absolute atomic E-state index is 12.8. The van der Waals surface area contributed by atoms with Crippen LogP contribution in [0.5, 0.6) is 5.75 Å². The topological polar surface area (TPSA) is 64.6 Å². The van der Waals surface area contributed by atoms with Gasteiger partial charge in [0.15, 0.2) is 0 Å². The molecule has 0 aliphatic heterocycles. The summed E-state index contributed by atoms with van der Waals surface area (Å²) < 4.78 is 35.1. The summed E-state index contributed by atoms with van der Waals surface area (Å²) in [6.45, 7) is 1.65. The molecule has 0 heterocycles. The number of nitrogens with one attached hydrogen (secondary N) is 1. The number of rotatable bonds is 5. The van der Waals surface area contributed by atoms with Gasteiger partial charge in [-0.15, -0.1) is 0 Å². The van der Waals surface area contributed by atoms with Crippen molar-refractivity contribution < 1.29 is 27.8 Å². The highest BCUT2D eigenvalue weighted by atomic mass is 19.1. The van der Waals surface area contributed by atoms with Crippen molar-refractivity contribution >= 4 is 11.9 Å². The van der Waals surface area contributed by atoms with Crippen molar-refractivity contribution in [3.8, 4) is 5.75 Å². The smallest absolute Gasteiger partial charge is 0.396 e. The molecule has 0 atom stereocenters. The van der Waals surface area contributed by atoms with E-state index in [1.54, 1.807) is 6.92 Å². The van der Waals surface area contributed by atoms with Crippen LogP contribution in [-0.4, -0.2) is 31.6 Å². The average Bonchev–Trinajstić information content (AvgIpc) is 2.33. The SMILES string of the molecule is CCOC(=O)C(=O)NCCOc1cc(F)cc(F)c1. The molecule has 1 aromatic carbocycles. The highest BCUT2D eigenvalue weighted by molar-refractivity contribution is 6.32. The van der Waals surface area contributed by atoms with Gasteiger partial charge in [-0.2, -0.15) is 0 Å². The molecule has 104 valence electrons. The molecule has 0 aliphatic carbocycles. The Hall–Kier alpha value is -2.18. The van der Waals surface area contributed by atoms with Crippen LogP contribution in [0.4, 0.5) is 8.78 Å². The van der Waals surface area contributed by atoms with Crippen LogP contribution in [-0.2, 0) is 14.3 Å². The van der Waals surface area contributed by atoms with E-state index in [0.717, 1.165) is 18.2 Å². The number of amides is 1. The van der Waals surface area contributed by atoms with Gasteiger partial charge in [0.1, 0.15) is 24.0 Å². The van der Waals surface area contributed by atoms with E-state index in [1.807, 2.05) is 0 Å². The van der Waals surface area contributed by atoms with Crippen molar-refractivity contribution in [1.82, 2.24) is 5.32 Å². The van der Waals surface area contributed by atoms with Gasteiger partial charge >= 0.3 is 11.9 Å². The van der Waals surface area contributed by atoms with Gasteiger partial charge in [-0.25, -0.2) is 13.6 Å². The van der Waals surface area contributed by atoms with Crippen molar-refractivity contribution in [1.29, 1.82) is 0 Å². The zero-order valence-corrected chi connectivity index (χ0v) is 10.2. The molecule has 0 aromatic heterocycles. The Kier molecular flexibility index (Phi) is 5.72. The molecule has 0 saturated heterocycles. The zero-order valence-electron chi connectivity index (χ0n) is 10.2. The molecule has 0 unspecified atom stereocenters. The van der Waals surface area contributed by atoms with Crippen LogP contribution in [0.3, 0.4) is 0 Å². The molecule has 0 saturated carbocycles. The Morgan fingerprint density at radius 2 is 1.84 bits per heavy atom. The lowest BCUT2D eigenvalue weighted by Gasteiger charge is -2.07. The van der Waals surface area contributed by atoms with Gasteiger partial charge in [-0.05, 0) is 6.92 Å². The molecule has 1 amide bonds. The summed E-state index contributed by atoms with van der Waals surface area (Å²) in [7, 11) is 0. The molecule has 7 heteroatoms. The van der Waals surface area contributed by atoms with Crippen LogP contribution in [0, 0.1) is 11.6 Å². The molecule has 5 nitrogen and oxygen atoms in total. The zero-order chi connectivity index (χ0) is 14.3. The summed E-state index contributed by atoms with van der Waals surface area (Å²) >= 11 is 0. The molecule has 0 radical (unpaired) electrons. The first-order valence-electron chi connectivity index (χ1n) is 5.56. The minimum absolute atomic E-state index is 0.00267. The van der Waals surface area contributed by atoms with Crippen molar-refractivity contribution in [2.75, 3.05) is 19.8 Å². The number of halogens is 2. The Morgan fingerprint density at radius 1 is 1.21 bits per heavy atom. The van der Waals surface area contributed by atoms with Gasteiger partial charge in [-0.3, -0.25) is 4.79 Å². The number of carbonyl (C=O) groups is 2. The summed E-state index contributed by atoms with van der Waals surface area (Å²) in [5, 5.41) is 2.24. The van der Waals surface area contributed by atoms with Crippen LogP contribution in [0.1, 0.15) is 6.92 Å². The minimum Gasteiger partial charge on any atom is -0.492 e. The number of esters is 1. The largest absolute Gasteiger partial charge is 0.492 e. The number of ether oxygens (including phenoxy) is 2. The second kappa shape index (κ2) is 7.30. The monoisotopic (exact) mass is 273 g/mol. The first-order valence-corrected chi connectivity index (χ1v) is 5.56. The maximum atomic E-state index is 12.8. The van der Waals surface area contributed by atoms with Gasteiger partial charge in [0.2, 0.25) is 0 Å². The van der Waals surface area contributed by atoms with Gasteiger partial charge in [0.05, 0.1) is 13.2 Å². The first-order chi connectivity index (χ1) is 9.02. The molecule has 1 rings (SSSR count). The predicted molar refractivity (Wildman–Crippen MR) is 61.5 cm³/mol. The lowest BCUT2D eigenvalue weighted by Crippen LogP contribution is -2.35. The van der Waals surface area contributed by atoms with Crippen molar-refractivity contribution in [3.63, 3.8) is 0 Å². The molecule has 0 spiro atoms. The van der Waals surface area contributed by atoms with Gasteiger partial charge in [-0.1, -0.05) is 0 Å². The van der Waals surface area contributed by atoms with E-state index in [2.05, 4.69) is 10.1 Å². The Bertz CT molecular complexity index is 445. The average molecular weight is 273 g/mol. The van der Waals surface area contributed by atoms with E-state index in [4.69, 9.17) is 4.74 Å². The third kappa shape index (κ3) is 5.33. The van der Waals surface area contributed by atoms with Crippen LogP contribution in [0.15, 0.2) is 18.2 Å².